The highest BCUT2D eigenvalue weighted by Gasteiger charge is 2.03. The van der Waals surface area contributed by atoms with E-state index in [0.29, 0.717) is 0 Å². The van der Waals surface area contributed by atoms with Crippen LogP contribution in [0.3, 0.4) is 0 Å². The Morgan fingerprint density at radius 2 is 2.17 bits per heavy atom. The molecule has 0 radical (unpaired) electrons. The Bertz CT molecular complexity index is 285. The zero-order valence-electron chi connectivity index (χ0n) is 6.16. The van der Waals surface area contributed by atoms with Gasteiger partial charge in [-0.25, -0.2) is 9.18 Å². The topological polar surface area (TPSA) is 46.5 Å². The van der Waals surface area contributed by atoms with E-state index in [9.17, 15) is 9.18 Å². The lowest BCUT2D eigenvalue weighted by atomic mass is 10.3. The first-order valence-corrected chi connectivity index (χ1v) is 3.29. The van der Waals surface area contributed by atoms with Gasteiger partial charge in [-0.2, -0.15) is 0 Å². The molecule has 0 fully saturated rings. The molecular formula is C8H7FO3. The van der Waals surface area contributed by atoms with E-state index in [1.54, 1.807) is 6.07 Å². The van der Waals surface area contributed by atoms with Gasteiger partial charge in [0.2, 0.25) is 0 Å². The number of para-hydroxylation sites is 1. The van der Waals surface area contributed by atoms with Gasteiger partial charge in [-0.15, -0.1) is 0 Å². The largest absolute Gasteiger partial charge is 0.479 e. The number of carboxylic acid groups (broad SMARTS) is 1. The number of ether oxygens (including phenoxy) is 1. The van der Waals surface area contributed by atoms with Crippen molar-refractivity contribution in [2.45, 2.75) is 0 Å². The van der Waals surface area contributed by atoms with Crippen LogP contribution in [0.4, 0.5) is 4.39 Å². The van der Waals surface area contributed by atoms with E-state index < -0.39 is 18.4 Å². The average Bonchev–Trinajstić information content (AvgIpc) is 2.03. The van der Waals surface area contributed by atoms with Crippen LogP contribution in [0.15, 0.2) is 24.3 Å². The van der Waals surface area contributed by atoms with Gasteiger partial charge in [-0.05, 0) is 12.1 Å². The fourth-order valence-corrected chi connectivity index (χ4v) is 0.701. The zero-order chi connectivity index (χ0) is 8.97. The maximum Gasteiger partial charge on any atom is 0.341 e. The van der Waals surface area contributed by atoms with Crippen LogP contribution < -0.4 is 4.74 Å². The number of carbonyl (C=O) groups is 1. The van der Waals surface area contributed by atoms with Gasteiger partial charge in [0.15, 0.2) is 18.2 Å². The third-order valence-corrected chi connectivity index (χ3v) is 1.19. The lowest BCUT2D eigenvalue weighted by molar-refractivity contribution is -0.139. The van der Waals surface area contributed by atoms with E-state index in [-0.39, 0.29) is 5.75 Å². The SMILES string of the molecule is O=C(O)COc1ccccc1F. The second kappa shape index (κ2) is 3.71. The van der Waals surface area contributed by atoms with Crippen LogP contribution in [-0.2, 0) is 4.79 Å². The smallest absolute Gasteiger partial charge is 0.341 e. The maximum absolute atomic E-state index is 12.7. The third kappa shape index (κ3) is 2.23. The van der Waals surface area contributed by atoms with E-state index in [1.165, 1.54) is 18.2 Å². The summed E-state index contributed by atoms with van der Waals surface area (Å²) in [7, 11) is 0. The molecule has 12 heavy (non-hydrogen) atoms. The Labute approximate surface area is 68.4 Å². The molecule has 0 bridgehead atoms. The molecule has 0 amide bonds. The molecule has 1 rings (SSSR count). The summed E-state index contributed by atoms with van der Waals surface area (Å²) in [6.45, 7) is -0.527. The van der Waals surface area contributed by atoms with Crippen molar-refractivity contribution in [1.82, 2.24) is 0 Å². The van der Waals surface area contributed by atoms with Crippen LogP contribution in [0.5, 0.6) is 5.75 Å². The highest BCUT2D eigenvalue weighted by Crippen LogP contribution is 2.14. The van der Waals surface area contributed by atoms with Crippen LogP contribution in [0, 0.1) is 5.82 Å². The first kappa shape index (κ1) is 8.52. The van der Waals surface area contributed by atoms with Crippen LogP contribution in [0.25, 0.3) is 0 Å². The quantitative estimate of drug-likeness (QED) is 0.743. The van der Waals surface area contributed by atoms with E-state index >= 15 is 0 Å². The fourth-order valence-electron chi connectivity index (χ4n) is 0.701. The molecule has 3 nitrogen and oxygen atoms in total. The Hall–Kier alpha value is -1.58. The molecule has 64 valence electrons. The monoisotopic (exact) mass is 170 g/mol. The van der Waals surface area contributed by atoms with E-state index in [4.69, 9.17) is 5.11 Å². The molecule has 0 spiro atoms. The molecule has 0 saturated carbocycles. The van der Waals surface area contributed by atoms with Crippen molar-refractivity contribution in [3.8, 4) is 5.75 Å². The molecule has 1 aromatic rings. The first-order valence-electron chi connectivity index (χ1n) is 3.29. The van der Waals surface area contributed by atoms with Gasteiger partial charge < -0.3 is 9.84 Å². The van der Waals surface area contributed by atoms with Gasteiger partial charge in [-0.3, -0.25) is 0 Å². The lowest BCUT2D eigenvalue weighted by Gasteiger charge is -2.02. The number of halogens is 1. The van der Waals surface area contributed by atoms with Gasteiger partial charge >= 0.3 is 5.97 Å². The van der Waals surface area contributed by atoms with Crippen molar-refractivity contribution in [1.29, 1.82) is 0 Å². The Balaban J connectivity index is 2.63. The molecule has 4 heteroatoms. The van der Waals surface area contributed by atoms with Crippen LogP contribution in [0.2, 0.25) is 0 Å². The molecule has 0 aliphatic carbocycles. The lowest BCUT2D eigenvalue weighted by Crippen LogP contribution is -2.10. The second-order valence-corrected chi connectivity index (χ2v) is 2.11. The molecule has 1 N–H and O–H groups in total. The number of rotatable bonds is 3. The van der Waals surface area contributed by atoms with Gasteiger partial charge in [0.05, 0.1) is 0 Å². The summed E-state index contributed by atoms with van der Waals surface area (Å²) >= 11 is 0. The summed E-state index contributed by atoms with van der Waals surface area (Å²) in [5.74, 6) is -1.73. The molecule has 0 heterocycles. The highest BCUT2D eigenvalue weighted by atomic mass is 19.1. The van der Waals surface area contributed by atoms with Crippen molar-refractivity contribution in [2.24, 2.45) is 0 Å². The van der Waals surface area contributed by atoms with Crippen LogP contribution in [0.1, 0.15) is 0 Å². The van der Waals surface area contributed by atoms with E-state index in [0.717, 1.165) is 0 Å². The van der Waals surface area contributed by atoms with Gasteiger partial charge in [0.1, 0.15) is 0 Å². The standard InChI is InChI=1S/C8H7FO3/c9-6-3-1-2-4-7(6)12-5-8(10)11/h1-4H,5H2,(H,10,11). The van der Waals surface area contributed by atoms with Gasteiger partial charge in [0, 0.05) is 0 Å². The minimum absolute atomic E-state index is 0.0418. The van der Waals surface area contributed by atoms with Crippen LogP contribution >= 0.6 is 0 Å². The molecule has 0 unspecified atom stereocenters. The van der Waals surface area contributed by atoms with Gasteiger partial charge in [-0.1, -0.05) is 12.1 Å². The normalized spacial score (nSPS) is 9.42. The summed E-state index contributed by atoms with van der Waals surface area (Å²) in [4.78, 5) is 10.0. The number of hydrogen-bond donors (Lipinski definition) is 1. The Morgan fingerprint density at radius 3 is 2.75 bits per heavy atom. The zero-order valence-corrected chi connectivity index (χ0v) is 6.16. The van der Waals surface area contributed by atoms with Crippen LogP contribution in [-0.4, -0.2) is 17.7 Å². The van der Waals surface area contributed by atoms with Crippen molar-refractivity contribution in [3.05, 3.63) is 30.1 Å². The summed E-state index contributed by atoms with van der Waals surface area (Å²) in [5, 5.41) is 8.22. The number of aliphatic carboxylic acids is 1. The second-order valence-electron chi connectivity index (χ2n) is 2.11. The molecule has 0 aliphatic rings. The molecule has 0 saturated heterocycles. The van der Waals surface area contributed by atoms with Crippen molar-refractivity contribution >= 4 is 5.97 Å². The number of carboxylic acids is 1. The number of hydrogen-bond acceptors (Lipinski definition) is 2. The first-order chi connectivity index (χ1) is 5.70. The molecular weight excluding hydrogens is 163 g/mol. The van der Waals surface area contributed by atoms with Crippen molar-refractivity contribution < 1.29 is 19.0 Å². The van der Waals surface area contributed by atoms with Crippen molar-refractivity contribution in [2.75, 3.05) is 6.61 Å². The predicted molar refractivity (Wildman–Crippen MR) is 39.5 cm³/mol. The average molecular weight is 170 g/mol. The highest BCUT2D eigenvalue weighted by molar-refractivity contribution is 5.68. The minimum Gasteiger partial charge on any atom is -0.479 e. The molecule has 0 atom stereocenters. The Morgan fingerprint density at radius 1 is 1.50 bits per heavy atom. The minimum atomic E-state index is -1.13. The summed E-state index contributed by atoms with van der Waals surface area (Å²) in [6, 6.07) is 5.65. The number of benzene rings is 1. The fraction of sp³-hybridized carbons (Fsp3) is 0.125. The maximum atomic E-state index is 12.7. The van der Waals surface area contributed by atoms with Gasteiger partial charge in [0.25, 0.3) is 0 Å². The Kier molecular flexibility index (Phi) is 2.63. The van der Waals surface area contributed by atoms with Crippen molar-refractivity contribution in [3.63, 3.8) is 0 Å². The molecule has 1 aromatic carbocycles. The summed E-state index contributed by atoms with van der Waals surface area (Å²) in [5.41, 5.74) is 0. The summed E-state index contributed by atoms with van der Waals surface area (Å²) in [6.07, 6.45) is 0. The third-order valence-electron chi connectivity index (χ3n) is 1.19. The summed E-state index contributed by atoms with van der Waals surface area (Å²) < 4.78 is 17.3. The van der Waals surface area contributed by atoms with E-state index in [1.807, 2.05) is 0 Å². The molecule has 0 aliphatic heterocycles. The molecule has 0 aromatic heterocycles. The predicted octanol–water partition coefficient (Wildman–Crippen LogP) is 1.29. The van der Waals surface area contributed by atoms with E-state index in [2.05, 4.69) is 4.74 Å².